The largest absolute Gasteiger partial charge is 0.394 e. The summed E-state index contributed by atoms with van der Waals surface area (Å²) >= 11 is 0. The molecule has 0 spiro atoms. The Labute approximate surface area is 193 Å². The molecule has 0 bridgehead atoms. The van der Waals surface area contributed by atoms with E-state index in [1.807, 2.05) is 0 Å². The standard InChI is InChI=1S/C29H50O2/c1-9-22(5)18-27-26(14-13-25(17-21(3)4)29(27,8)10-2)23-11-12-24(19-23)28(6,7)20-31-16-15-30/h10-11,13,21-22,24,26-27,30H,2,9,12,14-20H2,1,3-8H3/t22-,24?,26?,27?,29-/m0/s1. The fraction of sp³-hybridized carbons (Fsp3) is 0.793. The van der Waals surface area contributed by atoms with Crippen LogP contribution < -0.4 is 0 Å². The molecule has 31 heavy (non-hydrogen) atoms. The van der Waals surface area contributed by atoms with Crippen molar-refractivity contribution in [3.63, 3.8) is 0 Å². The summed E-state index contributed by atoms with van der Waals surface area (Å²) in [6.45, 7) is 22.2. The van der Waals surface area contributed by atoms with Gasteiger partial charge in [0.2, 0.25) is 0 Å². The lowest BCUT2D eigenvalue weighted by Gasteiger charge is -2.48. The lowest BCUT2D eigenvalue weighted by molar-refractivity contribution is 0.0141. The van der Waals surface area contributed by atoms with Crippen LogP contribution in [0.25, 0.3) is 0 Å². The molecule has 2 rings (SSSR count). The number of rotatable bonds is 12. The Bertz CT molecular complexity index is 641. The van der Waals surface area contributed by atoms with Crippen molar-refractivity contribution in [3.05, 3.63) is 36.0 Å². The van der Waals surface area contributed by atoms with Gasteiger partial charge in [-0.05, 0) is 67.1 Å². The van der Waals surface area contributed by atoms with Crippen molar-refractivity contribution in [2.45, 2.75) is 87.0 Å². The first kappa shape index (κ1) is 26.4. The third-order valence-corrected chi connectivity index (χ3v) is 8.41. The van der Waals surface area contributed by atoms with E-state index in [4.69, 9.17) is 9.84 Å². The summed E-state index contributed by atoms with van der Waals surface area (Å²) in [5, 5.41) is 9.06. The van der Waals surface area contributed by atoms with Crippen LogP contribution in [0.3, 0.4) is 0 Å². The number of ether oxygens (including phenoxy) is 1. The fourth-order valence-corrected chi connectivity index (χ4v) is 5.91. The maximum Gasteiger partial charge on any atom is 0.0697 e. The van der Waals surface area contributed by atoms with Crippen molar-refractivity contribution in [2.75, 3.05) is 19.8 Å². The second kappa shape index (κ2) is 11.3. The van der Waals surface area contributed by atoms with E-state index in [1.54, 1.807) is 11.1 Å². The highest BCUT2D eigenvalue weighted by Crippen LogP contribution is 2.55. The zero-order valence-electron chi connectivity index (χ0n) is 21.5. The van der Waals surface area contributed by atoms with Crippen LogP contribution >= 0.6 is 0 Å². The van der Waals surface area contributed by atoms with E-state index in [-0.39, 0.29) is 17.4 Å². The Balaban J connectivity index is 2.25. The smallest absolute Gasteiger partial charge is 0.0697 e. The SMILES string of the molecule is C=C[C@@]1(C)C(CC(C)C)=CCC(C2=CCC(C(C)(C)COCCO)C2)C1C[C@@H](C)CC. The van der Waals surface area contributed by atoms with Gasteiger partial charge in [0.15, 0.2) is 0 Å². The molecule has 5 atom stereocenters. The van der Waals surface area contributed by atoms with Crippen molar-refractivity contribution < 1.29 is 9.84 Å². The van der Waals surface area contributed by atoms with Gasteiger partial charge in [-0.2, -0.15) is 0 Å². The van der Waals surface area contributed by atoms with E-state index in [0.29, 0.717) is 30.3 Å². The van der Waals surface area contributed by atoms with Crippen LogP contribution in [0.1, 0.15) is 87.0 Å². The van der Waals surface area contributed by atoms with E-state index in [1.165, 1.54) is 32.1 Å². The third-order valence-electron chi connectivity index (χ3n) is 8.41. The second-order valence-corrected chi connectivity index (χ2v) is 11.7. The van der Waals surface area contributed by atoms with Gasteiger partial charge < -0.3 is 9.84 Å². The topological polar surface area (TPSA) is 29.5 Å². The van der Waals surface area contributed by atoms with E-state index in [9.17, 15) is 0 Å². The molecule has 0 aromatic heterocycles. The molecule has 0 amide bonds. The molecule has 0 aromatic carbocycles. The Morgan fingerprint density at radius 3 is 2.55 bits per heavy atom. The number of hydrogen-bond acceptors (Lipinski definition) is 2. The molecule has 0 saturated heterocycles. The highest BCUT2D eigenvalue weighted by Gasteiger charge is 2.45. The van der Waals surface area contributed by atoms with Crippen LogP contribution in [0.15, 0.2) is 36.0 Å². The highest BCUT2D eigenvalue weighted by atomic mass is 16.5. The number of aliphatic hydroxyl groups excluding tert-OH is 1. The zero-order valence-corrected chi connectivity index (χ0v) is 21.5. The van der Waals surface area contributed by atoms with Crippen LogP contribution in [-0.2, 0) is 4.74 Å². The van der Waals surface area contributed by atoms with Crippen LogP contribution in [0.5, 0.6) is 0 Å². The summed E-state index contributed by atoms with van der Waals surface area (Å²) in [5.41, 5.74) is 3.53. The minimum Gasteiger partial charge on any atom is -0.394 e. The van der Waals surface area contributed by atoms with Gasteiger partial charge in [0.25, 0.3) is 0 Å². The van der Waals surface area contributed by atoms with Gasteiger partial charge in [-0.15, -0.1) is 6.58 Å². The average Bonchev–Trinajstić information content (AvgIpc) is 3.21. The molecule has 0 fully saturated rings. The summed E-state index contributed by atoms with van der Waals surface area (Å²) in [6, 6.07) is 0. The van der Waals surface area contributed by atoms with Gasteiger partial charge >= 0.3 is 0 Å². The van der Waals surface area contributed by atoms with Crippen molar-refractivity contribution in [2.24, 2.45) is 40.4 Å². The van der Waals surface area contributed by atoms with Crippen LogP contribution in [0.4, 0.5) is 0 Å². The fourth-order valence-electron chi connectivity index (χ4n) is 5.91. The molecular weight excluding hydrogens is 380 g/mol. The van der Waals surface area contributed by atoms with Crippen LogP contribution in [0, 0.1) is 40.4 Å². The normalized spacial score (nSPS) is 30.3. The summed E-state index contributed by atoms with van der Waals surface area (Å²) in [6.07, 6.45) is 14.7. The molecule has 0 heterocycles. The van der Waals surface area contributed by atoms with Gasteiger partial charge in [-0.3, -0.25) is 0 Å². The summed E-state index contributed by atoms with van der Waals surface area (Å²) < 4.78 is 5.73. The average molecular weight is 431 g/mol. The Morgan fingerprint density at radius 2 is 1.97 bits per heavy atom. The van der Waals surface area contributed by atoms with E-state index in [2.05, 4.69) is 73.3 Å². The Kier molecular flexibility index (Phi) is 9.64. The number of hydrogen-bond donors (Lipinski definition) is 1. The maximum atomic E-state index is 9.06. The van der Waals surface area contributed by atoms with Gasteiger partial charge in [-0.25, -0.2) is 0 Å². The highest BCUT2D eigenvalue weighted by molar-refractivity contribution is 5.31. The van der Waals surface area contributed by atoms with Gasteiger partial charge in [0, 0.05) is 5.41 Å². The monoisotopic (exact) mass is 430 g/mol. The van der Waals surface area contributed by atoms with Gasteiger partial charge in [-0.1, -0.05) is 84.3 Å². The Morgan fingerprint density at radius 1 is 1.26 bits per heavy atom. The molecule has 2 heteroatoms. The minimum atomic E-state index is 0.0926. The molecule has 0 saturated carbocycles. The Hall–Kier alpha value is -0.860. The predicted molar refractivity (Wildman–Crippen MR) is 134 cm³/mol. The summed E-state index contributed by atoms with van der Waals surface area (Å²) in [5.74, 6) is 3.32. The van der Waals surface area contributed by atoms with Crippen molar-refractivity contribution in [3.8, 4) is 0 Å². The van der Waals surface area contributed by atoms with Crippen molar-refractivity contribution in [1.82, 2.24) is 0 Å². The lowest BCUT2D eigenvalue weighted by Crippen LogP contribution is -2.39. The number of allylic oxidation sites excluding steroid dienone is 5. The second-order valence-electron chi connectivity index (χ2n) is 11.7. The molecule has 0 aliphatic heterocycles. The summed E-state index contributed by atoms with van der Waals surface area (Å²) in [4.78, 5) is 0. The molecule has 2 aliphatic carbocycles. The van der Waals surface area contributed by atoms with Crippen molar-refractivity contribution >= 4 is 0 Å². The van der Waals surface area contributed by atoms with Crippen LogP contribution in [0.2, 0.25) is 0 Å². The predicted octanol–water partition coefficient (Wildman–Crippen LogP) is 7.60. The molecule has 178 valence electrons. The van der Waals surface area contributed by atoms with Crippen LogP contribution in [-0.4, -0.2) is 24.9 Å². The first-order chi connectivity index (χ1) is 14.6. The maximum absolute atomic E-state index is 9.06. The van der Waals surface area contributed by atoms with E-state index in [0.717, 1.165) is 18.9 Å². The first-order valence-electron chi connectivity index (χ1n) is 12.8. The van der Waals surface area contributed by atoms with Crippen molar-refractivity contribution in [1.29, 1.82) is 0 Å². The van der Waals surface area contributed by atoms with Gasteiger partial charge in [0.05, 0.1) is 19.8 Å². The molecule has 0 radical (unpaired) electrons. The molecule has 0 aromatic rings. The molecule has 2 nitrogen and oxygen atoms in total. The number of aliphatic hydroxyl groups is 1. The van der Waals surface area contributed by atoms with Gasteiger partial charge in [0.1, 0.15) is 0 Å². The molecule has 1 N–H and O–H groups in total. The molecular formula is C29H50O2. The van der Waals surface area contributed by atoms with E-state index >= 15 is 0 Å². The minimum absolute atomic E-state index is 0.0926. The summed E-state index contributed by atoms with van der Waals surface area (Å²) in [7, 11) is 0. The molecule has 3 unspecified atom stereocenters. The zero-order chi connectivity index (χ0) is 23.2. The van der Waals surface area contributed by atoms with E-state index < -0.39 is 0 Å². The quantitative estimate of drug-likeness (QED) is 0.255. The molecule has 2 aliphatic rings. The first-order valence-corrected chi connectivity index (χ1v) is 12.8. The lowest BCUT2D eigenvalue weighted by atomic mass is 9.57. The third kappa shape index (κ3) is 6.35.